The fraction of sp³-hybridized carbons (Fsp3) is 0.733. The molecule has 114 valence electrons. The monoisotopic (exact) mass is 290 g/mol. The molecule has 0 amide bonds. The first kappa shape index (κ1) is 18.9. The average molecular weight is 290 g/mol. The number of hydrogen-bond acceptors (Lipinski definition) is 6. The van der Waals surface area contributed by atoms with E-state index < -0.39 is 11.1 Å². The van der Waals surface area contributed by atoms with E-state index in [2.05, 4.69) is 16.3 Å². The van der Waals surface area contributed by atoms with Gasteiger partial charge in [0.2, 0.25) is 0 Å². The molecule has 0 aromatic carbocycles. The van der Waals surface area contributed by atoms with Gasteiger partial charge in [0.05, 0.1) is 12.1 Å². The zero-order valence-electron chi connectivity index (χ0n) is 13.1. The first-order valence-electron chi connectivity index (χ1n) is 6.98. The van der Waals surface area contributed by atoms with E-state index in [9.17, 15) is 20.1 Å². The van der Waals surface area contributed by atoms with Crippen molar-refractivity contribution < 1.29 is 9.59 Å². The Balaban J connectivity index is 5.12. The summed E-state index contributed by atoms with van der Waals surface area (Å²) in [5.74, 6) is -0.0387. The molecule has 0 radical (unpaired) electrons. The third-order valence-corrected chi connectivity index (χ3v) is 3.35. The van der Waals surface area contributed by atoms with Crippen molar-refractivity contribution in [3.63, 3.8) is 0 Å². The van der Waals surface area contributed by atoms with Gasteiger partial charge in [0.25, 0.3) is 0 Å². The van der Waals surface area contributed by atoms with Gasteiger partial charge in [-0.2, -0.15) is 20.8 Å². The maximum atomic E-state index is 11.1. The van der Waals surface area contributed by atoms with Gasteiger partial charge in [-0.3, -0.25) is 0 Å². The van der Waals surface area contributed by atoms with Gasteiger partial charge >= 0.3 is 0 Å². The van der Waals surface area contributed by atoms with Crippen molar-refractivity contribution in [3.8, 4) is 12.1 Å². The molecular weight excluding hydrogens is 268 g/mol. The van der Waals surface area contributed by atoms with E-state index in [0.717, 1.165) is 0 Å². The van der Waals surface area contributed by atoms with Gasteiger partial charge in [-0.1, -0.05) is 6.92 Å². The Kier molecular flexibility index (Phi) is 7.44. The zero-order valence-corrected chi connectivity index (χ0v) is 13.1. The van der Waals surface area contributed by atoms with Crippen molar-refractivity contribution in [2.45, 2.75) is 70.9 Å². The summed E-state index contributed by atoms with van der Waals surface area (Å²) < 4.78 is 0. The molecule has 0 aliphatic carbocycles. The number of Topliss-reactive ketones (excluding diaryl/α,β-unsaturated/α-hetero) is 2. The summed E-state index contributed by atoms with van der Waals surface area (Å²) in [6.45, 7) is 6.29. The molecule has 0 bridgehead atoms. The summed E-state index contributed by atoms with van der Waals surface area (Å²) in [4.78, 5) is 22.1. The van der Waals surface area contributed by atoms with Crippen LogP contribution in [-0.4, -0.2) is 22.6 Å². The Hall–Kier alpha value is -2.08. The Morgan fingerprint density at radius 3 is 1.90 bits per heavy atom. The molecule has 6 nitrogen and oxygen atoms in total. The first-order chi connectivity index (χ1) is 9.72. The Morgan fingerprint density at radius 2 is 1.52 bits per heavy atom. The fourth-order valence-electron chi connectivity index (χ4n) is 1.59. The van der Waals surface area contributed by atoms with Crippen LogP contribution in [0.3, 0.4) is 0 Å². The van der Waals surface area contributed by atoms with E-state index in [1.165, 1.54) is 13.8 Å². The van der Waals surface area contributed by atoms with Crippen LogP contribution in [0, 0.1) is 22.7 Å². The summed E-state index contributed by atoms with van der Waals surface area (Å²) in [5, 5.41) is 26.6. The van der Waals surface area contributed by atoms with Crippen LogP contribution in [0.2, 0.25) is 0 Å². The number of hydrogen-bond donors (Lipinski definition) is 0. The second-order valence-electron chi connectivity index (χ2n) is 5.49. The number of azo groups is 1. The molecule has 0 aromatic rings. The molecule has 2 unspecified atom stereocenters. The van der Waals surface area contributed by atoms with Gasteiger partial charge in [-0.25, -0.2) is 0 Å². The van der Waals surface area contributed by atoms with Crippen molar-refractivity contribution in [3.05, 3.63) is 0 Å². The van der Waals surface area contributed by atoms with E-state index in [-0.39, 0.29) is 37.2 Å². The molecule has 21 heavy (non-hydrogen) atoms. The highest BCUT2D eigenvalue weighted by Crippen LogP contribution is 2.26. The van der Waals surface area contributed by atoms with Crippen LogP contribution in [0.15, 0.2) is 10.2 Å². The molecule has 0 saturated heterocycles. The third kappa shape index (κ3) is 6.76. The van der Waals surface area contributed by atoms with Crippen LogP contribution in [0.4, 0.5) is 0 Å². The predicted molar refractivity (Wildman–Crippen MR) is 77.3 cm³/mol. The van der Waals surface area contributed by atoms with Gasteiger partial charge in [-0.15, -0.1) is 0 Å². The van der Waals surface area contributed by atoms with Crippen LogP contribution < -0.4 is 0 Å². The summed E-state index contributed by atoms with van der Waals surface area (Å²) >= 11 is 0. The number of rotatable bonds is 9. The van der Waals surface area contributed by atoms with Gasteiger partial charge < -0.3 is 9.59 Å². The topological polar surface area (TPSA) is 106 Å². The number of ketones is 2. The molecule has 0 heterocycles. The van der Waals surface area contributed by atoms with E-state index in [0.29, 0.717) is 6.42 Å². The summed E-state index contributed by atoms with van der Waals surface area (Å²) in [7, 11) is 0. The largest absolute Gasteiger partial charge is 0.300 e. The summed E-state index contributed by atoms with van der Waals surface area (Å²) in [6, 6.07) is 4.12. The van der Waals surface area contributed by atoms with Crippen LogP contribution in [0.25, 0.3) is 0 Å². The Bertz CT molecular complexity index is 501. The minimum atomic E-state index is -1.13. The number of carbonyl (C=O) groups excluding carboxylic acids is 2. The lowest BCUT2D eigenvalue weighted by Crippen LogP contribution is -2.27. The van der Waals surface area contributed by atoms with E-state index in [1.807, 2.05) is 6.07 Å². The van der Waals surface area contributed by atoms with Gasteiger partial charge in [0.15, 0.2) is 11.1 Å². The van der Waals surface area contributed by atoms with Crippen molar-refractivity contribution in [2.24, 2.45) is 10.2 Å². The first-order valence-corrected chi connectivity index (χ1v) is 6.98. The number of nitrogens with zero attached hydrogens (tertiary/aromatic N) is 4. The van der Waals surface area contributed by atoms with Crippen molar-refractivity contribution >= 4 is 11.6 Å². The molecule has 0 aliphatic heterocycles. The molecule has 0 aromatic heterocycles. The average Bonchev–Trinajstić information content (AvgIpc) is 2.46. The molecule has 0 saturated carbocycles. The lowest BCUT2D eigenvalue weighted by atomic mass is 9.92. The smallest absolute Gasteiger partial charge is 0.167 e. The third-order valence-electron chi connectivity index (χ3n) is 3.35. The molecule has 0 rings (SSSR count). The maximum Gasteiger partial charge on any atom is 0.167 e. The van der Waals surface area contributed by atoms with E-state index in [4.69, 9.17) is 0 Å². The maximum absolute atomic E-state index is 11.1. The minimum Gasteiger partial charge on any atom is -0.300 e. The van der Waals surface area contributed by atoms with Crippen LogP contribution in [0.1, 0.15) is 59.8 Å². The fourth-order valence-corrected chi connectivity index (χ4v) is 1.59. The Morgan fingerprint density at radius 1 is 1.00 bits per heavy atom. The lowest BCUT2D eigenvalue weighted by molar-refractivity contribution is -0.118. The zero-order chi connectivity index (χ0) is 16.5. The molecular formula is C15H22N4O2. The van der Waals surface area contributed by atoms with Gasteiger partial charge in [0.1, 0.15) is 11.6 Å². The number of nitriles is 2. The second kappa shape index (κ2) is 8.26. The SMILES string of the molecule is CCC(C#N)(CCC(C)=O)N=NC(C)(C#N)CCC(C)=O. The summed E-state index contributed by atoms with van der Waals surface area (Å²) in [5.41, 5.74) is -2.21. The minimum absolute atomic E-state index is 0.0158. The lowest BCUT2D eigenvalue weighted by Gasteiger charge is -2.21. The van der Waals surface area contributed by atoms with Crippen LogP contribution in [0.5, 0.6) is 0 Å². The van der Waals surface area contributed by atoms with Gasteiger partial charge in [-0.05, 0) is 40.0 Å². The Labute approximate surface area is 125 Å². The highest BCUT2D eigenvalue weighted by atomic mass is 16.1. The molecule has 0 aliphatic rings. The normalized spacial score (nSPS) is 16.5. The summed E-state index contributed by atoms with van der Waals surface area (Å²) in [6.07, 6.45) is 1.45. The predicted octanol–water partition coefficient (Wildman–Crippen LogP) is 3.13. The van der Waals surface area contributed by atoms with Crippen LogP contribution in [-0.2, 0) is 9.59 Å². The molecule has 0 spiro atoms. The van der Waals surface area contributed by atoms with E-state index in [1.54, 1.807) is 13.8 Å². The van der Waals surface area contributed by atoms with E-state index >= 15 is 0 Å². The standard InChI is InChI=1S/C15H22N4O2/c1-5-15(11-17,9-7-13(3)21)19-18-14(4,10-16)8-6-12(2)20/h5-9H2,1-4H3. The highest BCUT2D eigenvalue weighted by molar-refractivity contribution is 5.75. The van der Waals surface area contributed by atoms with Crippen LogP contribution >= 0.6 is 0 Å². The van der Waals surface area contributed by atoms with Crippen molar-refractivity contribution in [1.29, 1.82) is 10.5 Å². The highest BCUT2D eigenvalue weighted by Gasteiger charge is 2.31. The van der Waals surface area contributed by atoms with Crippen molar-refractivity contribution in [1.82, 2.24) is 0 Å². The second-order valence-corrected chi connectivity index (χ2v) is 5.49. The molecule has 0 N–H and O–H groups in total. The van der Waals surface area contributed by atoms with Gasteiger partial charge in [0, 0.05) is 12.8 Å². The van der Waals surface area contributed by atoms with Crippen molar-refractivity contribution in [2.75, 3.05) is 0 Å². The quantitative estimate of drug-likeness (QED) is 0.608. The number of carbonyl (C=O) groups is 2. The molecule has 0 fully saturated rings. The molecule has 6 heteroatoms. The molecule has 2 atom stereocenters.